The Bertz CT molecular complexity index is 474. The minimum absolute atomic E-state index is 0.0221. The number of carboxylic acids is 1. The lowest BCUT2D eigenvalue weighted by Gasteiger charge is -2.30. The number of carbonyl (C=O) groups is 2. The lowest BCUT2D eigenvalue weighted by Crippen LogP contribution is -2.47. The molecular weight excluding hydrogens is 294 g/mol. The van der Waals surface area contributed by atoms with E-state index in [0.717, 1.165) is 0 Å². The maximum Gasteiger partial charge on any atom is 0.308 e. The van der Waals surface area contributed by atoms with Gasteiger partial charge in [-0.25, -0.2) is 4.98 Å². The number of rotatable bonds is 6. The van der Waals surface area contributed by atoms with Crippen molar-refractivity contribution in [3.63, 3.8) is 0 Å². The summed E-state index contributed by atoms with van der Waals surface area (Å²) in [7, 11) is 0. The Morgan fingerprint density at radius 1 is 1.52 bits per heavy atom. The van der Waals surface area contributed by atoms with Gasteiger partial charge in [-0.2, -0.15) is 0 Å². The van der Waals surface area contributed by atoms with E-state index in [1.807, 2.05) is 5.38 Å². The number of aromatic nitrogens is 1. The second-order valence-electron chi connectivity index (χ2n) is 4.93. The van der Waals surface area contributed by atoms with E-state index in [-0.39, 0.29) is 19.0 Å². The Kier molecular flexibility index (Phi) is 5.51. The molecule has 2 rings (SSSR count). The van der Waals surface area contributed by atoms with Crippen LogP contribution in [-0.2, 0) is 14.3 Å². The maximum absolute atomic E-state index is 12.3. The molecule has 2 heterocycles. The molecule has 0 saturated carbocycles. The Labute approximate surface area is 127 Å². The average molecular weight is 313 g/mol. The molecule has 0 aliphatic carbocycles. The highest BCUT2D eigenvalue weighted by Gasteiger charge is 2.24. The Morgan fingerprint density at radius 2 is 2.24 bits per heavy atom. The van der Waals surface area contributed by atoms with Crippen molar-refractivity contribution < 1.29 is 19.4 Å². The van der Waals surface area contributed by atoms with Gasteiger partial charge in [0.1, 0.15) is 0 Å². The molecule has 1 fully saturated rings. The first-order valence-electron chi connectivity index (χ1n) is 6.80. The fraction of sp³-hybridized carbons (Fsp3) is 0.615. The first-order valence-corrected chi connectivity index (χ1v) is 7.68. The molecule has 0 bridgehead atoms. The van der Waals surface area contributed by atoms with Crippen LogP contribution in [0.15, 0.2) is 11.6 Å². The molecule has 1 atom stereocenters. The van der Waals surface area contributed by atoms with Crippen molar-refractivity contribution in [2.24, 2.45) is 5.92 Å². The fourth-order valence-corrected chi connectivity index (χ4v) is 2.72. The van der Waals surface area contributed by atoms with Gasteiger partial charge in [-0.05, 0) is 0 Å². The zero-order chi connectivity index (χ0) is 15.2. The molecule has 1 saturated heterocycles. The summed E-state index contributed by atoms with van der Waals surface area (Å²) in [5.41, 5.74) is 0. The number of thiazole rings is 1. The first-order chi connectivity index (χ1) is 10.1. The quantitative estimate of drug-likeness (QED) is 0.825. The van der Waals surface area contributed by atoms with Gasteiger partial charge in [-0.15, -0.1) is 11.3 Å². The molecule has 8 heteroatoms. The van der Waals surface area contributed by atoms with E-state index in [1.165, 1.54) is 11.3 Å². The predicted molar refractivity (Wildman–Crippen MR) is 78.5 cm³/mol. The van der Waals surface area contributed by atoms with E-state index in [2.05, 4.69) is 4.98 Å². The highest BCUT2D eigenvalue weighted by Crippen LogP contribution is 2.19. The number of carbonyl (C=O) groups excluding carboxylic acids is 1. The molecule has 1 amide bonds. The zero-order valence-corrected chi connectivity index (χ0v) is 12.7. The van der Waals surface area contributed by atoms with Crippen molar-refractivity contribution in [2.75, 3.05) is 44.3 Å². The molecule has 7 nitrogen and oxygen atoms in total. The molecule has 1 aromatic heterocycles. The van der Waals surface area contributed by atoms with E-state index >= 15 is 0 Å². The highest BCUT2D eigenvalue weighted by atomic mass is 32.1. The van der Waals surface area contributed by atoms with E-state index in [4.69, 9.17) is 9.84 Å². The number of anilines is 1. The maximum atomic E-state index is 12.3. The van der Waals surface area contributed by atoms with Crippen molar-refractivity contribution in [1.29, 1.82) is 0 Å². The fourth-order valence-electron chi connectivity index (χ4n) is 2.07. The number of hydrogen-bond acceptors (Lipinski definition) is 6. The van der Waals surface area contributed by atoms with Gasteiger partial charge in [0.05, 0.1) is 25.7 Å². The van der Waals surface area contributed by atoms with Crippen molar-refractivity contribution in [1.82, 2.24) is 9.88 Å². The van der Waals surface area contributed by atoms with Crippen molar-refractivity contribution in [3.05, 3.63) is 11.6 Å². The van der Waals surface area contributed by atoms with Crippen molar-refractivity contribution in [3.8, 4) is 0 Å². The van der Waals surface area contributed by atoms with Crippen molar-refractivity contribution >= 4 is 28.3 Å². The summed E-state index contributed by atoms with van der Waals surface area (Å²) in [6.07, 6.45) is 1.65. The summed E-state index contributed by atoms with van der Waals surface area (Å²) in [6, 6.07) is 0. The zero-order valence-electron chi connectivity index (χ0n) is 11.9. The van der Waals surface area contributed by atoms with Gasteiger partial charge in [0.15, 0.2) is 5.13 Å². The number of carboxylic acid groups (broad SMARTS) is 1. The standard InChI is InChI=1S/C13H19N3O4S/c1-10(12(18)19)8-16(13-14-2-7-21-13)9-11(17)15-3-5-20-6-4-15/h2,7,10H,3-6,8-9H2,1H3,(H,18,19). The summed E-state index contributed by atoms with van der Waals surface area (Å²) >= 11 is 1.40. The van der Waals surface area contributed by atoms with E-state index in [0.29, 0.717) is 31.4 Å². The Hall–Kier alpha value is -1.67. The average Bonchev–Trinajstić information content (AvgIpc) is 3.01. The van der Waals surface area contributed by atoms with Crippen LogP contribution in [0.3, 0.4) is 0 Å². The number of nitrogens with zero attached hydrogens (tertiary/aromatic N) is 3. The first kappa shape index (κ1) is 15.7. The van der Waals surface area contributed by atoms with Gasteiger partial charge < -0.3 is 19.6 Å². The molecule has 0 spiro atoms. The minimum atomic E-state index is -0.879. The molecule has 1 aliphatic rings. The van der Waals surface area contributed by atoms with Crippen LogP contribution >= 0.6 is 11.3 Å². The lowest BCUT2D eigenvalue weighted by atomic mass is 10.2. The highest BCUT2D eigenvalue weighted by molar-refractivity contribution is 7.13. The summed E-state index contributed by atoms with van der Waals surface area (Å²) < 4.78 is 5.23. The Balaban J connectivity index is 2.01. The van der Waals surface area contributed by atoms with Gasteiger partial charge in [0.25, 0.3) is 0 Å². The number of morpholine rings is 1. The Morgan fingerprint density at radius 3 is 2.81 bits per heavy atom. The van der Waals surface area contributed by atoms with Crippen LogP contribution < -0.4 is 4.90 Å². The number of hydrogen-bond donors (Lipinski definition) is 1. The molecular formula is C13H19N3O4S. The second-order valence-corrected chi connectivity index (χ2v) is 5.80. The molecule has 1 aliphatic heterocycles. The lowest BCUT2D eigenvalue weighted by molar-refractivity contribution is -0.141. The predicted octanol–water partition coefficient (Wildman–Crippen LogP) is 0.529. The third-order valence-electron chi connectivity index (χ3n) is 3.30. The molecule has 1 aromatic rings. The number of amides is 1. The smallest absolute Gasteiger partial charge is 0.308 e. The van der Waals surface area contributed by atoms with Crippen LogP contribution in [0.2, 0.25) is 0 Å². The van der Waals surface area contributed by atoms with Crippen LogP contribution in [0.1, 0.15) is 6.92 Å². The molecule has 21 heavy (non-hydrogen) atoms. The number of ether oxygens (including phenoxy) is 1. The van der Waals surface area contributed by atoms with Crippen molar-refractivity contribution in [2.45, 2.75) is 6.92 Å². The van der Waals surface area contributed by atoms with E-state index in [9.17, 15) is 9.59 Å². The molecule has 1 N–H and O–H groups in total. The van der Waals surface area contributed by atoms with Gasteiger partial charge in [0, 0.05) is 31.2 Å². The van der Waals surface area contributed by atoms with E-state index in [1.54, 1.807) is 22.9 Å². The third kappa shape index (κ3) is 4.40. The molecule has 0 radical (unpaired) electrons. The third-order valence-corrected chi connectivity index (χ3v) is 4.13. The monoisotopic (exact) mass is 313 g/mol. The van der Waals surface area contributed by atoms with Crippen LogP contribution in [0.25, 0.3) is 0 Å². The van der Waals surface area contributed by atoms with E-state index < -0.39 is 11.9 Å². The SMILES string of the molecule is CC(CN(CC(=O)N1CCOCC1)c1nccs1)C(=O)O. The largest absolute Gasteiger partial charge is 0.481 e. The molecule has 1 unspecified atom stereocenters. The van der Waals surface area contributed by atoms with Crippen LogP contribution in [-0.4, -0.2) is 66.3 Å². The number of aliphatic carboxylic acids is 1. The van der Waals surface area contributed by atoms with Gasteiger partial charge in [0.2, 0.25) is 5.91 Å². The molecule has 116 valence electrons. The molecule has 0 aromatic carbocycles. The normalized spacial score (nSPS) is 16.5. The summed E-state index contributed by atoms with van der Waals surface area (Å²) in [5.74, 6) is -1.46. The summed E-state index contributed by atoms with van der Waals surface area (Å²) in [6.45, 7) is 4.30. The van der Waals surface area contributed by atoms with Gasteiger partial charge in [-0.1, -0.05) is 6.92 Å². The topological polar surface area (TPSA) is 83.0 Å². The second kappa shape index (κ2) is 7.37. The van der Waals surface area contributed by atoms with Crippen LogP contribution in [0.5, 0.6) is 0 Å². The van der Waals surface area contributed by atoms with Crippen LogP contribution in [0.4, 0.5) is 5.13 Å². The van der Waals surface area contributed by atoms with Gasteiger partial charge in [-0.3, -0.25) is 9.59 Å². The minimum Gasteiger partial charge on any atom is -0.481 e. The summed E-state index contributed by atoms with van der Waals surface area (Å²) in [5, 5.41) is 11.5. The van der Waals surface area contributed by atoms with Crippen LogP contribution in [0, 0.1) is 5.92 Å². The van der Waals surface area contributed by atoms with Gasteiger partial charge >= 0.3 is 5.97 Å². The summed E-state index contributed by atoms with van der Waals surface area (Å²) in [4.78, 5) is 31.0.